The molecule has 20 heavy (non-hydrogen) atoms. The van der Waals surface area contributed by atoms with Crippen LogP contribution in [0.5, 0.6) is 0 Å². The lowest BCUT2D eigenvalue weighted by molar-refractivity contribution is 0.0523. The Hall–Kier alpha value is -1.36. The number of hydrogen-bond acceptors (Lipinski definition) is 4. The van der Waals surface area contributed by atoms with Gasteiger partial charge >= 0.3 is 5.97 Å². The van der Waals surface area contributed by atoms with Crippen LogP contribution in [0.2, 0.25) is 0 Å². The molecular weight excluding hydrogens is 254 g/mol. The Balaban J connectivity index is 2.13. The number of ether oxygens (including phenoxy) is 1. The van der Waals surface area contributed by atoms with E-state index < -0.39 is 0 Å². The topological polar surface area (TPSA) is 47.4 Å². The van der Waals surface area contributed by atoms with Gasteiger partial charge in [-0.3, -0.25) is 9.58 Å². The lowest BCUT2D eigenvalue weighted by Gasteiger charge is -2.26. The van der Waals surface area contributed by atoms with Gasteiger partial charge in [-0.25, -0.2) is 4.79 Å². The minimum atomic E-state index is -0.272. The van der Waals surface area contributed by atoms with Crippen molar-refractivity contribution in [1.29, 1.82) is 0 Å². The van der Waals surface area contributed by atoms with E-state index >= 15 is 0 Å². The summed E-state index contributed by atoms with van der Waals surface area (Å²) in [6, 6.07) is 0.459. The Bertz CT molecular complexity index is 464. The first kappa shape index (κ1) is 15.0. The van der Waals surface area contributed by atoms with Gasteiger partial charge in [-0.05, 0) is 39.5 Å². The van der Waals surface area contributed by atoms with Crippen LogP contribution in [0.4, 0.5) is 0 Å². The number of esters is 1. The largest absolute Gasteiger partial charge is 0.462 e. The number of carbonyl (C=O) groups is 1. The van der Waals surface area contributed by atoms with Crippen molar-refractivity contribution in [3.63, 3.8) is 0 Å². The second-order valence-corrected chi connectivity index (χ2v) is 5.82. The first-order chi connectivity index (χ1) is 9.52. The van der Waals surface area contributed by atoms with Crippen LogP contribution in [0.1, 0.15) is 49.7 Å². The molecule has 0 radical (unpaired) electrons. The molecule has 1 heterocycles. The molecule has 1 fully saturated rings. The molecule has 0 N–H and O–H groups in total. The second kappa shape index (κ2) is 6.39. The Morgan fingerprint density at radius 3 is 2.80 bits per heavy atom. The molecule has 1 aromatic heterocycles. The van der Waals surface area contributed by atoms with Crippen LogP contribution in [0, 0.1) is 5.92 Å². The molecule has 0 bridgehead atoms. The van der Waals surface area contributed by atoms with E-state index in [1.807, 2.05) is 14.0 Å². The number of carbonyl (C=O) groups excluding carboxylic acids is 1. The van der Waals surface area contributed by atoms with Crippen molar-refractivity contribution >= 4 is 5.97 Å². The number of hydrogen-bond donors (Lipinski definition) is 0. The molecule has 2 rings (SSSR count). The van der Waals surface area contributed by atoms with E-state index in [2.05, 4.69) is 23.8 Å². The van der Waals surface area contributed by atoms with Gasteiger partial charge in [0.15, 0.2) is 0 Å². The normalized spacial score (nSPS) is 15.1. The van der Waals surface area contributed by atoms with Crippen molar-refractivity contribution in [3.05, 3.63) is 17.5 Å². The summed E-state index contributed by atoms with van der Waals surface area (Å²) in [5, 5.41) is 4.22. The molecule has 0 aromatic carbocycles. The van der Waals surface area contributed by atoms with Crippen molar-refractivity contribution < 1.29 is 9.53 Å². The zero-order chi connectivity index (χ0) is 14.7. The maximum Gasteiger partial charge on any atom is 0.341 e. The number of nitrogens with zero attached hydrogens (tertiary/aromatic N) is 3. The fraction of sp³-hybridized carbons (Fsp3) is 0.733. The van der Waals surface area contributed by atoms with E-state index in [4.69, 9.17) is 4.74 Å². The Labute approximate surface area is 120 Å². The molecule has 1 aliphatic rings. The molecular formula is C15H25N3O2. The summed E-state index contributed by atoms with van der Waals surface area (Å²) in [4.78, 5) is 14.4. The van der Waals surface area contributed by atoms with Crippen LogP contribution in [-0.4, -0.2) is 39.8 Å². The fourth-order valence-corrected chi connectivity index (χ4v) is 2.31. The van der Waals surface area contributed by atoms with Crippen molar-refractivity contribution in [3.8, 4) is 0 Å². The van der Waals surface area contributed by atoms with E-state index in [0.29, 0.717) is 18.2 Å². The molecule has 1 aliphatic carbocycles. The van der Waals surface area contributed by atoms with Crippen LogP contribution in [0.25, 0.3) is 0 Å². The molecule has 0 amide bonds. The van der Waals surface area contributed by atoms with Gasteiger partial charge < -0.3 is 4.74 Å². The van der Waals surface area contributed by atoms with Gasteiger partial charge in [-0.2, -0.15) is 5.10 Å². The molecule has 112 valence electrons. The van der Waals surface area contributed by atoms with Crippen LogP contribution in [-0.2, 0) is 18.3 Å². The zero-order valence-electron chi connectivity index (χ0n) is 12.9. The lowest BCUT2D eigenvalue weighted by atomic mass is 10.2. The first-order valence-electron chi connectivity index (χ1n) is 7.45. The smallest absolute Gasteiger partial charge is 0.341 e. The van der Waals surface area contributed by atoms with Crippen LogP contribution in [0.15, 0.2) is 6.20 Å². The molecule has 0 unspecified atom stereocenters. The maximum absolute atomic E-state index is 12.0. The molecule has 5 nitrogen and oxygen atoms in total. The van der Waals surface area contributed by atoms with E-state index in [1.54, 1.807) is 10.9 Å². The average molecular weight is 279 g/mol. The summed E-state index contributed by atoms with van der Waals surface area (Å²) in [5.41, 5.74) is 1.54. The number of aryl methyl sites for hydroxylation is 1. The molecule has 5 heteroatoms. The van der Waals surface area contributed by atoms with Crippen molar-refractivity contribution in [2.45, 2.75) is 46.2 Å². The average Bonchev–Trinajstić information content (AvgIpc) is 3.13. The van der Waals surface area contributed by atoms with Crippen molar-refractivity contribution in [2.24, 2.45) is 13.0 Å². The Morgan fingerprint density at radius 2 is 2.25 bits per heavy atom. The van der Waals surface area contributed by atoms with Gasteiger partial charge in [0, 0.05) is 26.2 Å². The van der Waals surface area contributed by atoms with Gasteiger partial charge in [-0.15, -0.1) is 0 Å². The molecule has 0 aliphatic heterocycles. The standard InChI is InChI=1S/C15H25N3O2/c1-5-20-15(19)13-8-16-17(4)14(13)10-18(11(2)3)9-12-6-7-12/h8,11-12H,5-7,9-10H2,1-4H3. The summed E-state index contributed by atoms with van der Waals surface area (Å²) in [5.74, 6) is 0.558. The highest BCUT2D eigenvalue weighted by Gasteiger charge is 2.27. The third-order valence-electron chi connectivity index (χ3n) is 3.83. The highest BCUT2D eigenvalue weighted by atomic mass is 16.5. The number of rotatable bonds is 7. The van der Waals surface area contributed by atoms with Crippen molar-refractivity contribution in [2.75, 3.05) is 13.2 Å². The predicted molar refractivity (Wildman–Crippen MR) is 77.4 cm³/mol. The van der Waals surface area contributed by atoms with Gasteiger partial charge in [0.25, 0.3) is 0 Å². The SMILES string of the molecule is CCOC(=O)c1cnn(C)c1CN(CC1CC1)C(C)C. The Morgan fingerprint density at radius 1 is 1.55 bits per heavy atom. The quantitative estimate of drug-likeness (QED) is 0.718. The zero-order valence-corrected chi connectivity index (χ0v) is 12.9. The van der Waals surface area contributed by atoms with E-state index in [-0.39, 0.29) is 5.97 Å². The minimum absolute atomic E-state index is 0.272. The fourth-order valence-electron chi connectivity index (χ4n) is 2.31. The van der Waals surface area contributed by atoms with Gasteiger partial charge in [0.1, 0.15) is 5.56 Å². The van der Waals surface area contributed by atoms with E-state index in [0.717, 1.165) is 24.7 Å². The second-order valence-electron chi connectivity index (χ2n) is 5.82. The molecule has 0 atom stereocenters. The molecule has 1 aromatic rings. The summed E-state index contributed by atoms with van der Waals surface area (Å²) >= 11 is 0. The highest BCUT2D eigenvalue weighted by Crippen LogP contribution is 2.31. The third-order valence-corrected chi connectivity index (χ3v) is 3.83. The van der Waals surface area contributed by atoms with Crippen LogP contribution in [0.3, 0.4) is 0 Å². The monoisotopic (exact) mass is 279 g/mol. The summed E-state index contributed by atoms with van der Waals surface area (Å²) in [6.45, 7) is 8.46. The summed E-state index contributed by atoms with van der Waals surface area (Å²) in [7, 11) is 1.88. The molecule has 0 saturated heterocycles. The highest BCUT2D eigenvalue weighted by molar-refractivity contribution is 5.90. The van der Waals surface area contributed by atoms with Crippen molar-refractivity contribution in [1.82, 2.24) is 14.7 Å². The van der Waals surface area contributed by atoms with Gasteiger partial charge in [0.2, 0.25) is 0 Å². The van der Waals surface area contributed by atoms with Gasteiger partial charge in [0.05, 0.1) is 18.5 Å². The molecule has 0 spiro atoms. The van der Waals surface area contributed by atoms with Crippen LogP contribution >= 0.6 is 0 Å². The summed E-state index contributed by atoms with van der Waals surface area (Å²) < 4.78 is 6.89. The molecule has 1 saturated carbocycles. The lowest BCUT2D eigenvalue weighted by Crippen LogP contribution is -2.33. The Kier molecular flexibility index (Phi) is 4.81. The predicted octanol–water partition coefficient (Wildman–Crippen LogP) is 2.22. The van der Waals surface area contributed by atoms with Crippen LogP contribution < -0.4 is 0 Å². The minimum Gasteiger partial charge on any atom is -0.462 e. The maximum atomic E-state index is 12.0. The first-order valence-corrected chi connectivity index (χ1v) is 7.45. The number of aromatic nitrogens is 2. The van der Waals surface area contributed by atoms with E-state index in [1.165, 1.54) is 12.8 Å². The summed E-state index contributed by atoms with van der Waals surface area (Å²) in [6.07, 6.45) is 4.28. The third kappa shape index (κ3) is 3.60. The van der Waals surface area contributed by atoms with E-state index in [9.17, 15) is 4.79 Å². The van der Waals surface area contributed by atoms with Gasteiger partial charge in [-0.1, -0.05) is 0 Å².